The van der Waals surface area contributed by atoms with Crippen LogP contribution in [0, 0.1) is 0 Å². The molecule has 1 aromatic heterocycles. The summed E-state index contributed by atoms with van der Waals surface area (Å²) in [5.41, 5.74) is -1.86. The summed E-state index contributed by atoms with van der Waals surface area (Å²) in [7, 11) is 0. The first-order chi connectivity index (χ1) is 13.1. The van der Waals surface area contributed by atoms with E-state index in [0.29, 0.717) is 17.4 Å². The predicted molar refractivity (Wildman–Crippen MR) is 102 cm³/mol. The molecule has 0 aliphatic heterocycles. The summed E-state index contributed by atoms with van der Waals surface area (Å²) in [6.07, 6.45) is -4.64. The summed E-state index contributed by atoms with van der Waals surface area (Å²) in [6.45, 7) is 3.29. The molecule has 0 fully saturated rings. The second-order valence-electron chi connectivity index (χ2n) is 6.88. The molecule has 5 nitrogen and oxygen atoms in total. The van der Waals surface area contributed by atoms with Gasteiger partial charge in [0.25, 0.3) is 0 Å². The maximum Gasteiger partial charge on any atom is 0.417 e. The fraction of sp³-hybridized carbons (Fsp3) is 0.200. The topological polar surface area (TPSA) is 74.0 Å². The van der Waals surface area contributed by atoms with Crippen molar-refractivity contribution in [2.75, 3.05) is 10.6 Å². The average Bonchev–Trinajstić information content (AvgIpc) is 2.60. The van der Waals surface area contributed by atoms with Crippen LogP contribution in [0.3, 0.4) is 0 Å². The molecule has 146 valence electrons. The zero-order valence-electron chi connectivity index (χ0n) is 15.1. The summed E-state index contributed by atoms with van der Waals surface area (Å²) < 4.78 is 39.5. The van der Waals surface area contributed by atoms with E-state index in [2.05, 4.69) is 15.6 Å². The van der Waals surface area contributed by atoms with Crippen LogP contribution in [0.5, 0.6) is 0 Å². The van der Waals surface area contributed by atoms with Crippen molar-refractivity contribution in [3.63, 3.8) is 0 Å². The van der Waals surface area contributed by atoms with Gasteiger partial charge in [0.2, 0.25) is 11.5 Å². The quantitative estimate of drug-likeness (QED) is 0.620. The van der Waals surface area contributed by atoms with Crippen LogP contribution in [0.25, 0.3) is 10.9 Å². The summed E-state index contributed by atoms with van der Waals surface area (Å²) >= 11 is 0. The Morgan fingerprint density at radius 3 is 2.29 bits per heavy atom. The van der Waals surface area contributed by atoms with Gasteiger partial charge in [0.05, 0.1) is 11.1 Å². The van der Waals surface area contributed by atoms with Crippen molar-refractivity contribution in [3.05, 3.63) is 70.5 Å². The number of H-pyrrole nitrogens is 1. The van der Waals surface area contributed by atoms with Gasteiger partial charge in [-0.25, -0.2) is 0 Å². The largest absolute Gasteiger partial charge is 0.417 e. The number of anilines is 2. The lowest BCUT2D eigenvalue weighted by molar-refractivity contribution is -0.136. The predicted octanol–water partition coefficient (Wildman–Crippen LogP) is 4.38. The van der Waals surface area contributed by atoms with E-state index in [1.807, 2.05) is 6.07 Å². The van der Waals surface area contributed by atoms with Gasteiger partial charge in [-0.2, -0.15) is 13.2 Å². The SMILES string of the molecule is CC(C)(Nc1ccc2c(C(F)(F)F)cc(=O)[nH]c2c1)C(=O)Nc1ccccc1. The molecular formula is C20H18F3N3O2. The minimum atomic E-state index is -4.64. The molecule has 28 heavy (non-hydrogen) atoms. The van der Waals surface area contributed by atoms with Gasteiger partial charge in [-0.15, -0.1) is 0 Å². The Morgan fingerprint density at radius 1 is 0.964 bits per heavy atom. The molecule has 0 aliphatic rings. The van der Waals surface area contributed by atoms with E-state index in [-0.39, 0.29) is 16.8 Å². The van der Waals surface area contributed by atoms with Crippen LogP contribution in [0.2, 0.25) is 0 Å². The van der Waals surface area contributed by atoms with E-state index < -0.39 is 22.8 Å². The van der Waals surface area contributed by atoms with E-state index in [1.54, 1.807) is 38.1 Å². The lowest BCUT2D eigenvalue weighted by Crippen LogP contribution is -2.44. The first-order valence-corrected chi connectivity index (χ1v) is 8.45. The number of amides is 1. The van der Waals surface area contributed by atoms with Crippen molar-refractivity contribution in [1.29, 1.82) is 0 Å². The number of para-hydroxylation sites is 1. The molecule has 0 aliphatic carbocycles. The molecule has 3 aromatic rings. The van der Waals surface area contributed by atoms with Gasteiger partial charge >= 0.3 is 6.18 Å². The maximum atomic E-state index is 13.2. The number of nitrogens with one attached hydrogen (secondary N) is 3. The number of halogens is 3. The van der Waals surface area contributed by atoms with Gasteiger partial charge in [-0.1, -0.05) is 24.3 Å². The molecule has 0 bridgehead atoms. The van der Waals surface area contributed by atoms with Gasteiger partial charge in [-0.05, 0) is 38.1 Å². The van der Waals surface area contributed by atoms with Crippen LogP contribution in [-0.4, -0.2) is 16.4 Å². The van der Waals surface area contributed by atoms with E-state index in [4.69, 9.17) is 0 Å². The Labute approximate surface area is 158 Å². The minimum absolute atomic E-state index is 0.0316. The van der Waals surface area contributed by atoms with Crippen LogP contribution in [0.15, 0.2) is 59.4 Å². The number of pyridine rings is 1. The monoisotopic (exact) mass is 389 g/mol. The van der Waals surface area contributed by atoms with Gasteiger partial charge in [0, 0.05) is 22.8 Å². The molecule has 1 heterocycles. The zero-order chi connectivity index (χ0) is 20.5. The van der Waals surface area contributed by atoms with Crippen molar-refractivity contribution in [3.8, 4) is 0 Å². The second-order valence-corrected chi connectivity index (χ2v) is 6.88. The third kappa shape index (κ3) is 4.16. The van der Waals surface area contributed by atoms with Gasteiger partial charge < -0.3 is 15.6 Å². The summed E-state index contributed by atoms with van der Waals surface area (Å²) in [5, 5.41) is 5.64. The maximum absolute atomic E-state index is 13.2. The highest BCUT2D eigenvalue weighted by molar-refractivity contribution is 5.99. The van der Waals surface area contributed by atoms with Gasteiger partial charge in [0.15, 0.2) is 0 Å². The molecule has 8 heteroatoms. The van der Waals surface area contributed by atoms with E-state index in [1.165, 1.54) is 18.2 Å². The third-order valence-electron chi connectivity index (χ3n) is 4.20. The Hall–Kier alpha value is -3.29. The van der Waals surface area contributed by atoms with E-state index >= 15 is 0 Å². The number of fused-ring (bicyclic) bond motifs is 1. The van der Waals surface area contributed by atoms with Crippen LogP contribution >= 0.6 is 0 Å². The molecule has 0 atom stereocenters. The van der Waals surface area contributed by atoms with Crippen LogP contribution < -0.4 is 16.2 Å². The van der Waals surface area contributed by atoms with Crippen molar-refractivity contribution >= 4 is 28.2 Å². The van der Waals surface area contributed by atoms with Gasteiger partial charge in [0.1, 0.15) is 5.54 Å². The fourth-order valence-corrected chi connectivity index (χ4v) is 2.80. The van der Waals surface area contributed by atoms with Crippen LogP contribution in [0.1, 0.15) is 19.4 Å². The molecule has 1 amide bonds. The fourth-order valence-electron chi connectivity index (χ4n) is 2.80. The first-order valence-electron chi connectivity index (χ1n) is 8.45. The molecule has 0 radical (unpaired) electrons. The van der Waals surface area contributed by atoms with Crippen molar-refractivity contribution < 1.29 is 18.0 Å². The standard InChI is InChI=1S/C20H18F3N3O2/c1-19(2,18(28)24-12-6-4-3-5-7-12)26-13-8-9-14-15(20(21,22)23)11-17(27)25-16(14)10-13/h3-11,26H,1-2H3,(H,24,28)(H,25,27). The number of benzene rings is 2. The summed E-state index contributed by atoms with van der Waals surface area (Å²) in [6, 6.07) is 13.5. The third-order valence-corrected chi connectivity index (χ3v) is 4.20. The molecule has 2 aromatic carbocycles. The Morgan fingerprint density at radius 2 is 1.64 bits per heavy atom. The van der Waals surface area contributed by atoms with Crippen molar-refractivity contribution in [1.82, 2.24) is 4.98 Å². The van der Waals surface area contributed by atoms with E-state index in [9.17, 15) is 22.8 Å². The smallest absolute Gasteiger partial charge is 0.372 e. The second kappa shape index (κ2) is 7.03. The first kappa shape index (κ1) is 19.5. The van der Waals surface area contributed by atoms with Crippen LogP contribution in [-0.2, 0) is 11.0 Å². The van der Waals surface area contributed by atoms with Crippen molar-refractivity contribution in [2.45, 2.75) is 25.6 Å². The number of aromatic nitrogens is 1. The van der Waals surface area contributed by atoms with E-state index in [0.717, 1.165) is 0 Å². The number of hydrogen-bond donors (Lipinski definition) is 3. The lowest BCUT2D eigenvalue weighted by atomic mass is 10.0. The highest BCUT2D eigenvalue weighted by atomic mass is 19.4. The molecule has 0 spiro atoms. The Bertz CT molecular complexity index is 1070. The zero-order valence-corrected chi connectivity index (χ0v) is 15.1. The molecule has 0 saturated heterocycles. The normalized spacial score (nSPS) is 12.0. The molecule has 0 unspecified atom stereocenters. The lowest BCUT2D eigenvalue weighted by Gasteiger charge is -2.26. The minimum Gasteiger partial charge on any atom is -0.372 e. The number of rotatable bonds is 4. The van der Waals surface area contributed by atoms with Crippen molar-refractivity contribution in [2.24, 2.45) is 0 Å². The number of carbonyl (C=O) groups excluding carboxylic acids is 1. The molecule has 0 saturated carbocycles. The molecule has 3 N–H and O–H groups in total. The highest BCUT2D eigenvalue weighted by Gasteiger charge is 2.33. The summed E-state index contributed by atoms with van der Waals surface area (Å²) in [5.74, 6) is -0.323. The highest BCUT2D eigenvalue weighted by Crippen LogP contribution is 2.34. The van der Waals surface area contributed by atoms with Gasteiger partial charge in [-0.3, -0.25) is 9.59 Å². The summed E-state index contributed by atoms with van der Waals surface area (Å²) in [4.78, 5) is 26.6. The molecular weight excluding hydrogens is 371 g/mol. The molecule has 3 rings (SSSR count). The number of alkyl halides is 3. The Kier molecular flexibility index (Phi) is 4.89. The number of carbonyl (C=O) groups is 1. The number of aromatic amines is 1. The Balaban J connectivity index is 1.89. The average molecular weight is 389 g/mol. The number of hydrogen-bond acceptors (Lipinski definition) is 3. The van der Waals surface area contributed by atoms with Crippen LogP contribution in [0.4, 0.5) is 24.5 Å².